The van der Waals surface area contributed by atoms with E-state index in [-0.39, 0.29) is 23.0 Å². The summed E-state index contributed by atoms with van der Waals surface area (Å²) in [5.41, 5.74) is 1.03. The lowest BCUT2D eigenvalue weighted by molar-refractivity contribution is -0.139. The average molecular weight is 651 g/mol. The molecule has 3 aromatic carbocycles. The zero-order valence-electron chi connectivity index (χ0n) is 22.6. The smallest absolute Gasteiger partial charge is 0.264 e. The number of hydrogen-bond donors (Lipinski definition) is 1. The second kappa shape index (κ2) is 14.5. The summed E-state index contributed by atoms with van der Waals surface area (Å²) in [6.07, 6.45) is 0.737. The van der Waals surface area contributed by atoms with Crippen LogP contribution in [0.2, 0.25) is 5.02 Å². The van der Waals surface area contributed by atoms with Gasteiger partial charge >= 0.3 is 0 Å². The summed E-state index contributed by atoms with van der Waals surface area (Å²) in [5.74, 6) is -0.291. The summed E-state index contributed by atoms with van der Waals surface area (Å²) >= 11 is 9.37. The van der Waals surface area contributed by atoms with Crippen molar-refractivity contribution in [3.05, 3.63) is 87.9 Å². The number of rotatable bonds is 13. The topological polar surface area (TPSA) is 96.0 Å². The molecule has 8 nitrogen and oxygen atoms in total. The summed E-state index contributed by atoms with van der Waals surface area (Å²) in [4.78, 5) is 28.2. The van der Waals surface area contributed by atoms with Gasteiger partial charge in [0.1, 0.15) is 18.3 Å². The third-order valence-corrected chi connectivity index (χ3v) is 8.67. The number of nitrogens with zero attached hydrogens (tertiary/aromatic N) is 2. The molecule has 0 unspecified atom stereocenters. The Labute approximate surface area is 249 Å². The number of carbonyl (C=O) groups excluding carboxylic acids is 2. The van der Waals surface area contributed by atoms with Gasteiger partial charge in [0.2, 0.25) is 11.8 Å². The number of anilines is 1. The Balaban J connectivity index is 2.01. The first-order valence-electron chi connectivity index (χ1n) is 12.9. The molecule has 0 fully saturated rings. The normalized spacial score (nSPS) is 11.9. The molecule has 1 N–H and O–H groups in total. The zero-order valence-corrected chi connectivity index (χ0v) is 25.8. The van der Waals surface area contributed by atoms with E-state index in [1.54, 1.807) is 67.6 Å². The highest BCUT2D eigenvalue weighted by molar-refractivity contribution is 9.10. The van der Waals surface area contributed by atoms with Crippen molar-refractivity contribution in [3.8, 4) is 5.75 Å². The monoisotopic (exact) mass is 649 g/mol. The van der Waals surface area contributed by atoms with Crippen molar-refractivity contribution in [3.63, 3.8) is 0 Å². The number of amides is 2. The van der Waals surface area contributed by atoms with Gasteiger partial charge in [-0.3, -0.25) is 13.9 Å². The molecule has 0 spiro atoms. The fourth-order valence-corrected chi connectivity index (χ4v) is 5.71. The van der Waals surface area contributed by atoms with Crippen LogP contribution >= 0.6 is 27.5 Å². The van der Waals surface area contributed by atoms with E-state index in [0.717, 1.165) is 20.8 Å². The van der Waals surface area contributed by atoms with Gasteiger partial charge in [-0.05, 0) is 86.5 Å². The van der Waals surface area contributed by atoms with Crippen molar-refractivity contribution in [2.45, 2.75) is 44.7 Å². The van der Waals surface area contributed by atoms with E-state index in [2.05, 4.69) is 21.2 Å². The first kappa shape index (κ1) is 31.4. The third-order valence-electron chi connectivity index (χ3n) is 6.10. The summed E-state index contributed by atoms with van der Waals surface area (Å²) in [7, 11) is -4.16. The maximum absolute atomic E-state index is 13.9. The molecule has 0 bridgehead atoms. The second-order valence-corrected chi connectivity index (χ2v) is 12.2. The molecule has 0 saturated heterocycles. The van der Waals surface area contributed by atoms with E-state index < -0.39 is 28.5 Å². The maximum atomic E-state index is 13.9. The van der Waals surface area contributed by atoms with Gasteiger partial charge in [-0.2, -0.15) is 0 Å². The first-order valence-corrected chi connectivity index (χ1v) is 15.5. The molecule has 40 heavy (non-hydrogen) atoms. The van der Waals surface area contributed by atoms with Crippen LogP contribution in [0.3, 0.4) is 0 Å². The molecule has 0 aliphatic heterocycles. The largest absolute Gasteiger partial charge is 0.494 e. The van der Waals surface area contributed by atoms with E-state index in [1.807, 2.05) is 13.8 Å². The number of benzene rings is 3. The molecule has 3 rings (SSSR count). The van der Waals surface area contributed by atoms with E-state index in [0.29, 0.717) is 23.9 Å². The lowest BCUT2D eigenvalue weighted by Gasteiger charge is -2.32. The van der Waals surface area contributed by atoms with Crippen LogP contribution in [-0.2, 0) is 26.2 Å². The van der Waals surface area contributed by atoms with Crippen molar-refractivity contribution >= 4 is 55.1 Å². The van der Waals surface area contributed by atoms with E-state index in [1.165, 1.54) is 17.0 Å². The SMILES string of the molecule is CCCNC(=O)[C@H](C)N(Cc1ccc(Cl)cc1)C(=O)CN(c1ccc(OCC)cc1)S(=O)(=O)c1ccc(Br)cc1. The maximum Gasteiger partial charge on any atom is 0.264 e. The van der Waals surface area contributed by atoms with Crippen LogP contribution < -0.4 is 14.4 Å². The Bertz CT molecular complexity index is 1380. The molecule has 1 atom stereocenters. The van der Waals surface area contributed by atoms with Crippen LogP contribution in [0, 0.1) is 0 Å². The lowest BCUT2D eigenvalue weighted by atomic mass is 10.1. The molecular formula is C29H33BrClN3O5S. The molecule has 0 aliphatic rings. The summed E-state index contributed by atoms with van der Waals surface area (Å²) in [5, 5.41) is 3.36. The molecule has 0 heterocycles. The molecule has 0 aliphatic carbocycles. The fourth-order valence-electron chi connectivity index (χ4n) is 3.90. The zero-order chi connectivity index (χ0) is 29.3. The van der Waals surface area contributed by atoms with Gasteiger partial charge in [-0.1, -0.05) is 46.6 Å². The molecule has 11 heteroatoms. The molecule has 0 radical (unpaired) electrons. The van der Waals surface area contributed by atoms with E-state index >= 15 is 0 Å². The molecule has 214 valence electrons. The molecule has 3 aromatic rings. The van der Waals surface area contributed by atoms with Gasteiger partial charge in [0, 0.05) is 22.6 Å². The van der Waals surface area contributed by atoms with Crippen molar-refractivity contribution in [1.29, 1.82) is 0 Å². The van der Waals surface area contributed by atoms with Gasteiger partial charge in [0.15, 0.2) is 0 Å². The number of sulfonamides is 1. The number of hydrogen-bond acceptors (Lipinski definition) is 5. The van der Waals surface area contributed by atoms with Crippen LogP contribution in [0.25, 0.3) is 0 Å². The van der Waals surface area contributed by atoms with Crippen molar-refractivity contribution in [2.75, 3.05) is 24.0 Å². The number of carbonyl (C=O) groups is 2. The quantitative estimate of drug-likeness (QED) is 0.258. The Morgan fingerprint density at radius 1 is 0.975 bits per heavy atom. The summed E-state index contributed by atoms with van der Waals surface area (Å²) in [6, 6.07) is 18.8. The van der Waals surface area contributed by atoms with Gasteiger partial charge in [0.25, 0.3) is 10.0 Å². The number of ether oxygens (including phenoxy) is 1. The minimum atomic E-state index is -4.16. The Morgan fingerprint density at radius 2 is 1.60 bits per heavy atom. The van der Waals surface area contributed by atoms with Gasteiger partial charge in [-0.25, -0.2) is 8.42 Å². The Morgan fingerprint density at radius 3 is 2.17 bits per heavy atom. The lowest BCUT2D eigenvalue weighted by Crippen LogP contribution is -2.51. The number of halogens is 2. The van der Waals surface area contributed by atoms with Crippen LogP contribution in [0.4, 0.5) is 5.69 Å². The first-order chi connectivity index (χ1) is 19.1. The van der Waals surface area contributed by atoms with Crippen LogP contribution in [0.1, 0.15) is 32.8 Å². The van der Waals surface area contributed by atoms with E-state index in [4.69, 9.17) is 16.3 Å². The van der Waals surface area contributed by atoms with Crippen molar-refractivity contribution in [2.24, 2.45) is 0 Å². The Kier molecular flexibility index (Phi) is 11.4. The van der Waals surface area contributed by atoms with Gasteiger partial charge in [-0.15, -0.1) is 0 Å². The van der Waals surface area contributed by atoms with Crippen LogP contribution in [0.15, 0.2) is 82.2 Å². The molecule has 0 saturated carbocycles. The predicted molar refractivity (Wildman–Crippen MR) is 161 cm³/mol. The highest BCUT2D eigenvalue weighted by atomic mass is 79.9. The van der Waals surface area contributed by atoms with Crippen molar-refractivity contribution < 1.29 is 22.7 Å². The van der Waals surface area contributed by atoms with E-state index in [9.17, 15) is 18.0 Å². The van der Waals surface area contributed by atoms with Crippen LogP contribution in [-0.4, -0.2) is 50.9 Å². The highest BCUT2D eigenvalue weighted by Gasteiger charge is 2.32. The van der Waals surface area contributed by atoms with Gasteiger partial charge < -0.3 is 15.0 Å². The average Bonchev–Trinajstić information content (AvgIpc) is 2.94. The molecular weight excluding hydrogens is 618 g/mol. The van der Waals surface area contributed by atoms with Crippen molar-refractivity contribution in [1.82, 2.24) is 10.2 Å². The highest BCUT2D eigenvalue weighted by Crippen LogP contribution is 2.27. The summed E-state index contributed by atoms with van der Waals surface area (Å²) < 4.78 is 35.0. The summed E-state index contributed by atoms with van der Waals surface area (Å²) in [6.45, 7) is 5.90. The Hall–Kier alpha value is -3.08. The predicted octanol–water partition coefficient (Wildman–Crippen LogP) is 5.64. The second-order valence-electron chi connectivity index (χ2n) is 9.01. The molecule has 2 amide bonds. The molecule has 0 aromatic heterocycles. The third kappa shape index (κ3) is 8.22. The number of nitrogens with one attached hydrogen (secondary N) is 1. The van der Waals surface area contributed by atoms with Gasteiger partial charge in [0.05, 0.1) is 17.2 Å². The van der Waals surface area contributed by atoms with Crippen LogP contribution in [0.5, 0.6) is 5.75 Å². The minimum Gasteiger partial charge on any atom is -0.494 e. The minimum absolute atomic E-state index is 0.0235. The standard InChI is InChI=1S/C29H33BrClN3O5S/c1-4-18-32-29(36)21(3)33(19-22-6-10-24(31)11-7-22)28(35)20-34(25-12-14-26(15-13-25)39-5-2)40(37,38)27-16-8-23(30)9-17-27/h6-17,21H,4-5,18-20H2,1-3H3,(H,32,36)/t21-/m0/s1. The fraction of sp³-hybridized carbons (Fsp3) is 0.310.